The van der Waals surface area contributed by atoms with Crippen LogP contribution in [0.5, 0.6) is 0 Å². The molecule has 2 amide bonds. The van der Waals surface area contributed by atoms with Crippen molar-refractivity contribution in [3.63, 3.8) is 0 Å². The lowest BCUT2D eigenvalue weighted by molar-refractivity contribution is -0.135. The quantitative estimate of drug-likeness (QED) is 0.858. The third-order valence-electron chi connectivity index (χ3n) is 4.29. The molecule has 0 aliphatic carbocycles. The summed E-state index contributed by atoms with van der Waals surface area (Å²) in [5.74, 6) is 0.111. The molecule has 1 aliphatic heterocycles. The summed E-state index contributed by atoms with van der Waals surface area (Å²) in [7, 11) is 3.34. The number of carbonyl (C=O) groups excluding carboxylic acids is 2. The zero-order valence-corrected chi connectivity index (χ0v) is 15.7. The molecule has 0 spiro atoms. The van der Waals surface area contributed by atoms with E-state index in [1.807, 2.05) is 6.07 Å². The number of rotatable bonds is 4. The van der Waals surface area contributed by atoms with Gasteiger partial charge in [0.1, 0.15) is 11.2 Å². The monoisotopic (exact) mass is 378 g/mol. The van der Waals surface area contributed by atoms with Crippen LogP contribution in [0.25, 0.3) is 10.9 Å². The Morgan fingerprint density at radius 1 is 1.40 bits per heavy atom. The van der Waals surface area contributed by atoms with Gasteiger partial charge in [0.25, 0.3) is 5.91 Å². The number of nitrogens with one attached hydrogen (secondary N) is 2. The van der Waals surface area contributed by atoms with Crippen LogP contribution in [0, 0.1) is 0 Å². The summed E-state index contributed by atoms with van der Waals surface area (Å²) in [5, 5.41) is 4.33. The fourth-order valence-corrected chi connectivity index (χ4v) is 3.98. The van der Waals surface area contributed by atoms with Gasteiger partial charge in [-0.1, -0.05) is 11.6 Å². The molecule has 1 aromatic carbocycles. The molecule has 25 heavy (non-hydrogen) atoms. The summed E-state index contributed by atoms with van der Waals surface area (Å²) in [5.41, 5.74) is 1.80. The largest absolute Gasteiger partial charge is 0.351 e. The zero-order chi connectivity index (χ0) is 18.2. The second-order valence-electron chi connectivity index (χ2n) is 6.37. The minimum atomic E-state index is -1.12. The number of amides is 2. The average molecular weight is 379 g/mol. The molecule has 0 saturated carbocycles. The number of benzene rings is 1. The lowest BCUT2D eigenvalue weighted by Crippen LogP contribution is -2.63. The molecule has 1 aliphatic rings. The number of likely N-dealkylation sites (N-methyl/N-ethyl adjacent to an activating group) is 1. The number of hydrogen-bond acceptors (Lipinski definition) is 4. The van der Waals surface area contributed by atoms with E-state index in [0.29, 0.717) is 16.5 Å². The highest BCUT2D eigenvalue weighted by Gasteiger charge is 2.45. The molecule has 132 valence electrons. The van der Waals surface area contributed by atoms with Gasteiger partial charge in [-0.3, -0.25) is 14.6 Å². The standard InChI is InChI=1S/C17H19ClN4O2S/c1-17(16(24)22(2)3,14-8-25-9-19-14)21-15(23)13-7-10-6-11(18)4-5-12(10)20-13/h4-7,9,14,20H,8H2,1-3H3,(H,21,23)/t14-,17+/m1/s1. The zero-order valence-electron chi connectivity index (χ0n) is 14.2. The summed E-state index contributed by atoms with van der Waals surface area (Å²) < 4.78 is 0. The van der Waals surface area contributed by atoms with Crippen molar-refractivity contribution < 1.29 is 9.59 Å². The summed E-state index contributed by atoms with van der Waals surface area (Å²) in [6.07, 6.45) is 0. The number of aromatic amines is 1. The molecule has 2 aromatic rings. The molecule has 2 heterocycles. The Kier molecular flexibility index (Phi) is 4.79. The first-order valence-electron chi connectivity index (χ1n) is 7.77. The predicted octanol–water partition coefficient (Wildman–Crippen LogP) is 2.54. The van der Waals surface area contributed by atoms with E-state index in [1.165, 1.54) is 16.7 Å². The van der Waals surface area contributed by atoms with Gasteiger partial charge >= 0.3 is 0 Å². The summed E-state index contributed by atoms with van der Waals surface area (Å²) in [6, 6.07) is 6.77. The summed E-state index contributed by atoms with van der Waals surface area (Å²) in [4.78, 5) is 34.4. The maximum absolute atomic E-state index is 12.8. The fraction of sp³-hybridized carbons (Fsp3) is 0.353. The van der Waals surface area contributed by atoms with E-state index in [4.69, 9.17) is 11.6 Å². The van der Waals surface area contributed by atoms with E-state index in [1.54, 1.807) is 44.8 Å². The third-order valence-corrected chi connectivity index (χ3v) is 5.30. The highest BCUT2D eigenvalue weighted by Crippen LogP contribution is 2.26. The van der Waals surface area contributed by atoms with Crippen molar-refractivity contribution in [3.8, 4) is 0 Å². The van der Waals surface area contributed by atoms with Crippen molar-refractivity contribution in [2.24, 2.45) is 4.99 Å². The molecular formula is C17H19ClN4O2S. The van der Waals surface area contributed by atoms with Gasteiger partial charge in [0.2, 0.25) is 5.91 Å². The number of fused-ring (bicyclic) bond motifs is 1. The first-order chi connectivity index (χ1) is 11.8. The number of thioether (sulfide) groups is 1. The Morgan fingerprint density at radius 3 is 2.80 bits per heavy atom. The van der Waals surface area contributed by atoms with Gasteiger partial charge in [-0.25, -0.2) is 0 Å². The predicted molar refractivity (Wildman–Crippen MR) is 103 cm³/mol. The van der Waals surface area contributed by atoms with Crippen LogP contribution in [0.15, 0.2) is 29.3 Å². The number of aliphatic imine (C=N–C) groups is 1. The fourth-order valence-electron chi connectivity index (χ4n) is 2.88. The molecular weight excluding hydrogens is 360 g/mol. The average Bonchev–Trinajstić information content (AvgIpc) is 3.22. The Morgan fingerprint density at radius 2 is 2.16 bits per heavy atom. The van der Waals surface area contributed by atoms with Gasteiger partial charge in [-0.2, -0.15) is 0 Å². The Labute approximate surface area is 155 Å². The van der Waals surface area contributed by atoms with Crippen molar-refractivity contribution in [2.45, 2.75) is 18.5 Å². The smallest absolute Gasteiger partial charge is 0.268 e. The maximum atomic E-state index is 12.8. The molecule has 0 radical (unpaired) electrons. The molecule has 6 nitrogen and oxygen atoms in total. The van der Waals surface area contributed by atoms with Crippen molar-refractivity contribution in [1.82, 2.24) is 15.2 Å². The first-order valence-corrected chi connectivity index (χ1v) is 9.20. The lowest BCUT2D eigenvalue weighted by Gasteiger charge is -2.35. The van der Waals surface area contributed by atoms with Crippen LogP contribution in [0.2, 0.25) is 5.02 Å². The highest BCUT2D eigenvalue weighted by molar-refractivity contribution is 8.12. The number of carbonyl (C=O) groups is 2. The molecule has 0 fully saturated rings. The van der Waals surface area contributed by atoms with Crippen LogP contribution in [0.3, 0.4) is 0 Å². The molecule has 0 bridgehead atoms. The number of hydrogen-bond donors (Lipinski definition) is 2. The second-order valence-corrected chi connectivity index (χ2v) is 7.69. The Bertz CT molecular complexity index is 863. The molecule has 0 unspecified atom stereocenters. The van der Waals surface area contributed by atoms with Crippen molar-refractivity contribution >= 4 is 51.6 Å². The first kappa shape index (κ1) is 17.8. The van der Waals surface area contributed by atoms with Crippen LogP contribution >= 0.6 is 23.4 Å². The SMILES string of the molecule is CN(C)C(=O)[C@@](C)(NC(=O)c1cc2cc(Cl)ccc2[nH]1)[C@H]1CSC=N1. The van der Waals surface area contributed by atoms with Crippen LogP contribution in [0.1, 0.15) is 17.4 Å². The number of aromatic nitrogens is 1. The number of nitrogens with zero attached hydrogens (tertiary/aromatic N) is 2. The number of halogens is 1. The minimum Gasteiger partial charge on any atom is -0.351 e. The molecule has 2 atom stereocenters. The van der Waals surface area contributed by atoms with Gasteiger partial charge in [-0.05, 0) is 31.2 Å². The lowest BCUT2D eigenvalue weighted by atomic mass is 9.91. The van der Waals surface area contributed by atoms with Gasteiger partial charge in [0.15, 0.2) is 0 Å². The van der Waals surface area contributed by atoms with Gasteiger partial charge in [0, 0.05) is 35.8 Å². The normalized spacial score (nSPS) is 19.0. The molecule has 0 saturated heterocycles. The van der Waals surface area contributed by atoms with E-state index in [-0.39, 0.29) is 17.9 Å². The van der Waals surface area contributed by atoms with Crippen LogP contribution in [-0.4, -0.2) is 58.7 Å². The minimum absolute atomic E-state index is 0.190. The van der Waals surface area contributed by atoms with E-state index in [2.05, 4.69) is 15.3 Å². The number of H-pyrrole nitrogens is 1. The maximum Gasteiger partial charge on any atom is 0.268 e. The molecule has 3 rings (SSSR count). The Hall–Kier alpha value is -1.99. The van der Waals surface area contributed by atoms with Crippen molar-refractivity contribution in [2.75, 3.05) is 19.8 Å². The summed E-state index contributed by atoms with van der Waals surface area (Å²) >= 11 is 7.52. The molecule has 2 N–H and O–H groups in total. The van der Waals surface area contributed by atoms with Crippen molar-refractivity contribution in [1.29, 1.82) is 0 Å². The van der Waals surface area contributed by atoms with Gasteiger partial charge < -0.3 is 15.2 Å². The van der Waals surface area contributed by atoms with Crippen molar-refractivity contribution in [3.05, 3.63) is 35.0 Å². The third kappa shape index (κ3) is 3.39. The topological polar surface area (TPSA) is 77.6 Å². The van der Waals surface area contributed by atoms with E-state index in [0.717, 1.165) is 10.9 Å². The van der Waals surface area contributed by atoms with Gasteiger partial charge in [0.05, 0.1) is 11.6 Å². The van der Waals surface area contributed by atoms with Crippen LogP contribution in [0.4, 0.5) is 0 Å². The second kappa shape index (κ2) is 6.72. The van der Waals surface area contributed by atoms with E-state index < -0.39 is 5.54 Å². The van der Waals surface area contributed by atoms with Crippen LogP contribution in [-0.2, 0) is 4.79 Å². The Balaban J connectivity index is 1.91. The van der Waals surface area contributed by atoms with Gasteiger partial charge in [-0.15, -0.1) is 11.8 Å². The molecule has 1 aromatic heterocycles. The van der Waals surface area contributed by atoms with Crippen LogP contribution < -0.4 is 5.32 Å². The van der Waals surface area contributed by atoms with E-state index in [9.17, 15) is 9.59 Å². The summed E-state index contributed by atoms with van der Waals surface area (Å²) in [6.45, 7) is 1.72. The molecule has 8 heteroatoms. The van der Waals surface area contributed by atoms with E-state index >= 15 is 0 Å². The highest BCUT2D eigenvalue weighted by atomic mass is 35.5.